The molecule has 1 aliphatic carbocycles. The van der Waals surface area contributed by atoms with E-state index in [0.29, 0.717) is 6.54 Å². The quantitative estimate of drug-likeness (QED) is 0.639. The van der Waals surface area contributed by atoms with E-state index >= 15 is 0 Å². The van der Waals surface area contributed by atoms with Gasteiger partial charge in [0.15, 0.2) is 0 Å². The van der Waals surface area contributed by atoms with Crippen molar-refractivity contribution in [3.63, 3.8) is 0 Å². The SMILES string of the molecule is CCNC(=O)C1CCCCC1N. The molecule has 1 fully saturated rings. The zero-order valence-electron chi connectivity index (χ0n) is 7.68. The lowest BCUT2D eigenvalue weighted by Crippen LogP contribution is -2.43. The maximum atomic E-state index is 11.4. The largest absolute Gasteiger partial charge is 0.356 e. The van der Waals surface area contributed by atoms with Crippen LogP contribution in [0.25, 0.3) is 0 Å². The summed E-state index contributed by atoms with van der Waals surface area (Å²) in [5.74, 6) is 0.211. The van der Waals surface area contributed by atoms with Gasteiger partial charge in [-0.25, -0.2) is 0 Å². The van der Waals surface area contributed by atoms with Crippen LogP contribution in [0.1, 0.15) is 32.6 Å². The standard InChI is InChI=1S/C9H18N2O/c1-2-11-9(12)7-5-3-4-6-8(7)10/h7-8H,2-6,10H2,1H3,(H,11,12). The van der Waals surface area contributed by atoms with Gasteiger partial charge in [0, 0.05) is 12.6 Å². The molecule has 0 spiro atoms. The van der Waals surface area contributed by atoms with E-state index in [9.17, 15) is 4.79 Å². The molecule has 0 aromatic rings. The topological polar surface area (TPSA) is 55.1 Å². The average molecular weight is 170 g/mol. The third-order valence-corrected chi connectivity index (χ3v) is 2.51. The number of rotatable bonds is 2. The molecule has 0 saturated heterocycles. The van der Waals surface area contributed by atoms with Gasteiger partial charge in [0.1, 0.15) is 0 Å². The normalized spacial score (nSPS) is 29.8. The predicted octanol–water partition coefficient (Wildman–Crippen LogP) is 0.640. The van der Waals surface area contributed by atoms with Gasteiger partial charge in [-0.2, -0.15) is 0 Å². The fraction of sp³-hybridized carbons (Fsp3) is 0.889. The molecule has 1 saturated carbocycles. The van der Waals surface area contributed by atoms with E-state index < -0.39 is 0 Å². The third kappa shape index (κ3) is 2.21. The summed E-state index contributed by atoms with van der Waals surface area (Å²) >= 11 is 0. The van der Waals surface area contributed by atoms with E-state index in [2.05, 4.69) is 5.32 Å². The zero-order valence-corrected chi connectivity index (χ0v) is 7.68. The van der Waals surface area contributed by atoms with Crippen LogP contribution >= 0.6 is 0 Å². The summed E-state index contributed by atoms with van der Waals surface area (Å²) in [6.07, 6.45) is 4.29. The number of amides is 1. The first kappa shape index (κ1) is 9.52. The fourth-order valence-electron chi connectivity index (χ4n) is 1.79. The molecule has 1 amide bonds. The Bertz CT molecular complexity index is 159. The third-order valence-electron chi connectivity index (χ3n) is 2.51. The minimum absolute atomic E-state index is 0.0682. The second-order valence-corrected chi connectivity index (χ2v) is 3.45. The molecule has 3 heteroatoms. The van der Waals surface area contributed by atoms with Gasteiger partial charge in [-0.15, -0.1) is 0 Å². The number of carbonyl (C=O) groups is 1. The van der Waals surface area contributed by atoms with Crippen molar-refractivity contribution in [1.82, 2.24) is 5.32 Å². The molecule has 2 unspecified atom stereocenters. The Hall–Kier alpha value is -0.570. The molecular weight excluding hydrogens is 152 g/mol. The number of nitrogens with one attached hydrogen (secondary N) is 1. The highest BCUT2D eigenvalue weighted by molar-refractivity contribution is 5.79. The van der Waals surface area contributed by atoms with Crippen LogP contribution in [0.15, 0.2) is 0 Å². The maximum Gasteiger partial charge on any atom is 0.224 e. The van der Waals surface area contributed by atoms with Crippen LogP contribution < -0.4 is 11.1 Å². The lowest BCUT2D eigenvalue weighted by Gasteiger charge is -2.27. The van der Waals surface area contributed by atoms with Gasteiger partial charge in [0.2, 0.25) is 5.91 Å². The molecule has 70 valence electrons. The summed E-state index contributed by atoms with van der Waals surface area (Å²) in [6.45, 7) is 2.65. The van der Waals surface area contributed by atoms with Crippen molar-refractivity contribution in [3.8, 4) is 0 Å². The fourth-order valence-corrected chi connectivity index (χ4v) is 1.79. The summed E-state index contributed by atoms with van der Waals surface area (Å²) in [7, 11) is 0. The van der Waals surface area contributed by atoms with Crippen LogP contribution in [0, 0.1) is 5.92 Å². The van der Waals surface area contributed by atoms with Crippen LogP contribution in [0.3, 0.4) is 0 Å². The van der Waals surface area contributed by atoms with E-state index in [1.807, 2.05) is 6.92 Å². The molecule has 0 heterocycles. The van der Waals surface area contributed by atoms with Gasteiger partial charge in [-0.1, -0.05) is 12.8 Å². The molecule has 12 heavy (non-hydrogen) atoms. The minimum Gasteiger partial charge on any atom is -0.356 e. The predicted molar refractivity (Wildman–Crippen MR) is 48.6 cm³/mol. The van der Waals surface area contributed by atoms with Crippen molar-refractivity contribution < 1.29 is 4.79 Å². The molecular formula is C9H18N2O. The van der Waals surface area contributed by atoms with Gasteiger partial charge in [-0.3, -0.25) is 4.79 Å². The first-order valence-corrected chi connectivity index (χ1v) is 4.79. The molecule has 3 nitrogen and oxygen atoms in total. The van der Waals surface area contributed by atoms with Crippen LogP contribution in [0.5, 0.6) is 0 Å². The van der Waals surface area contributed by atoms with E-state index in [1.54, 1.807) is 0 Å². The van der Waals surface area contributed by atoms with Gasteiger partial charge in [-0.05, 0) is 19.8 Å². The summed E-state index contributed by atoms with van der Waals surface area (Å²) in [5.41, 5.74) is 5.85. The minimum atomic E-state index is 0.0682. The average Bonchev–Trinajstić information content (AvgIpc) is 2.05. The molecule has 0 aliphatic heterocycles. The Morgan fingerprint density at radius 3 is 2.75 bits per heavy atom. The first-order chi connectivity index (χ1) is 5.75. The lowest BCUT2D eigenvalue weighted by molar-refractivity contribution is -0.126. The van der Waals surface area contributed by atoms with Crippen molar-refractivity contribution in [3.05, 3.63) is 0 Å². The number of carbonyl (C=O) groups excluding carboxylic acids is 1. The Kier molecular flexibility index (Phi) is 3.53. The maximum absolute atomic E-state index is 11.4. The highest BCUT2D eigenvalue weighted by atomic mass is 16.1. The smallest absolute Gasteiger partial charge is 0.224 e. The van der Waals surface area contributed by atoms with Crippen molar-refractivity contribution >= 4 is 5.91 Å². The van der Waals surface area contributed by atoms with Crippen LogP contribution in [-0.4, -0.2) is 18.5 Å². The Morgan fingerprint density at radius 1 is 1.50 bits per heavy atom. The molecule has 1 rings (SSSR count). The van der Waals surface area contributed by atoms with Gasteiger partial charge in [0.25, 0.3) is 0 Å². The summed E-state index contributed by atoms with van der Waals surface area (Å²) in [6, 6.07) is 0.0882. The molecule has 0 aromatic carbocycles. The first-order valence-electron chi connectivity index (χ1n) is 4.79. The second-order valence-electron chi connectivity index (χ2n) is 3.45. The van der Waals surface area contributed by atoms with Crippen LogP contribution in [0.4, 0.5) is 0 Å². The number of nitrogens with two attached hydrogens (primary N) is 1. The number of hydrogen-bond donors (Lipinski definition) is 2. The Balaban J connectivity index is 2.42. The van der Waals surface area contributed by atoms with E-state index in [4.69, 9.17) is 5.73 Å². The summed E-state index contributed by atoms with van der Waals surface area (Å²) in [5, 5.41) is 2.83. The van der Waals surface area contributed by atoms with Crippen molar-refractivity contribution in [2.45, 2.75) is 38.6 Å². The Morgan fingerprint density at radius 2 is 2.17 bits per heavy atom. The highest BCUT2D eigenvalue weighted by Gasteiger charge is 2.27. The molecule has 0 bridgehead atoms. The number of hydrogen-bond acceptors (Lipinski definition) is 2. The monoisotopic (exact) mass is 170 g/mol. The molecule has 0 aromatic heterocycles. The highest BCUT2D eigenvalue weighted by Crippen LogP contribution is 2.22. The second kappa shape index (κ2) is 4.45. The molecule has 1 aliphatic rings. The van der Waals surface area contributed by atoms with E-state index in [-0.39, 0.29) is 17.9 Å². The molecule has 3 N–H and O–H groups in total. The van der Waals surface area contributed by atoms with Gasteiger partial charge in [0.05, 0.1) is 5.92 Å². The van der Waals surface area contributed by atoms with E-state index in [1.165, 1.54) is 6.42 Å². The Labute approximate surface area is 73.7 Å². The van der Waals surface area contributed by atoms with Crippen molar-refractivity contribution in [2.24, 2.45) is 11.7 Å². The summed E-state index contributed by atoms with van der Waals surface area (Å²) < 4.78 is 0. The van der Waals surface area contributed by atoms with Gasteiger partial charge >= 0.3 is 0 Å². The lowest BCUT2D eigenvalue weighted by atomic mass is 9.84. The zero-order chi connectivity index (χ0) is 8.97. The molecule has 0 radical (unpaired) electrons. The van der Waals surface area contributed by atoms with Crippen LogP contribution in [0.2, 0.25) is 0 Å². The van der Waals surface area contributed by atoms with Gasteiger partial charge < -0.3 is 11.1 Å². The van der Waals surface area contributed by atoms with Crippen molar-refractivity contribution in [2.75, 3.05) is 6.54 Å². The van der Waals surface area contributed by atoms with Crippen LogP contribution in [-0.2, 0) is 4.79 Å². The van der Waals surface area contributed by atoms with Crippen molar-refractivity contribution in [1.29, 1.82) is 0 Å². The van der Waals surface area contributed by atoms with E-state index in [0.717, 1.165) is 19.3 Å². The summed E-state index contributed by atoms with van der Waals surface area (Å²) in [4.78, 5) is 11.4. The molecule has 2 atom stereocenters.